The summed E-state index contributed by atoms with van der Waals surface area (Å²) in [5.41, 5.74) is 2.46. The van der Waals surface area contributed by atoms with Gasteiger partial charge in [-0.25, -0.2) is 0 Å². The highest BCUT2D eigenvalue weighted by Crippen LogP contribution is 2.18. The fourth-order valence-corrected chi connectivity index (χ4v) is 1.21. The summed E-state index contributed by atoms with van der Waals surface area (Å²) in [6.07, 6.45) is 0. The first-order valence-corrected chi connectivity index (χ1v) is 4.68. The van der Waals surface area contributed by atoms with Crippen molar-refractivity contribution in [3.8, 4) is 5.75 Å². The van der Waals surface area contributed by atoms with E-state index in [2.05, 4.69) is 38.6 Å². The maximum Gasteiger partial charge on any atom is 0.122 e. The van der Waals surface area contributed by atoms with Crippen molar-refractivity contribution < 1.29 is 4.74 Å². The first kappa shape index (κ1) is 9.46. The summed E-state index contributed by atoms with van der Waals surface area (Å²) >= 11 is 4.08. The van der Waals surface area contributed by atoms with Crippen LogP contribution in [0.25, 0.3) is 0 Å². The Morgan fingerprint density at radius 2 is 2.08 bits per heavy atom. The molecule has 0 aliphatic carbocycles. The monoisotopic (exact) mass is 182 g/mol. The molecule has 0 saturated carbocycles. The van der Waals surface area contributed by atoms with Crippen molar-refractivity contribution in [1.82, 2.24) is 0 Å². The Morgan fingerprint density at radius 3 is 2.67 bits per heavy atom. The van der Waals surface area contributed by atoms with Crippen LogP contribution in [0.3, 0.4) is 0 Å². The molecule has 1 aromatic carbocycles. The Kier molecular flexibility index (Phi) is 3.48. The Hall–Kier alpha value is -0.630. The highest BCUT2D eigenvalue weighted by Gasteiger charge is 1.97. The van der Waals surface area contributed by atoms with E-state index < -0.39 is 0 Å². The number of hydrogen-bond donors (Lipinski definition) is 1. The molecule has 0 radical (unpaired) electrons. The first-order chi connectivity index (χ1) is 5.74. The molecule has 1 rings (SSSR count). The second-order valence-electron chi connectivity index (χ2n) is 2.84. The minimum atomic E-state index is 0.674. The van der Waals surface area contributed by atoms with Gasteiger partial charge < -0.3 is 4.74 Å². The number of benzene rings is 1. The predicted molar refractivity (Wildman–Crippen MR) is 55.3 cm³/mol. The van der Waals surface area contributed by atoms with Crippen LogP contribution >= 0.6 is 12.6 Å². The second kappa shape index (κ2) is 4.41. The molecule has 0 bridgehead atoms. The number of rotatable bonds is 3. The van der Waals surface area contributed by atoms with Gasteiger partial charge in [0.15, 0.2) is 0 Å². The van der Waals surface area contributed by atoms with Gasteiger partial charge in [0.2, 0.25) is 0 Å². The van der Waals surface area contributed by atoms with Crippen LogP contribution in [0, 0.1) is 13.8 Å². The lowest BCUT2D eigenvalue weighted by Gasteiger charge is -2.07. The van der Waals surface area contributed by atoms with Gasteiger partial charge in [-0.2, -0.15) is 12.6 Å². The zero-order valence-electron chi connectivity index (χ0n) is 7.50. The number of hydrogen-bond acceptors (Lipinski definition) is 2. The third kappa shape index (κ3) is 2.45. The summed E-state index contributed by atoms with van der Waals surface area (Å²) in [7, 11) is 0. The molecule has 0 unspecified atom stereocenters. The van der Waals surface area contributed by atoms with Gasteiger partial charge in [0, 0.05) is 5.75 Å². The normalized spacial score (nSPS) is 9.92. The Balaban J connectivity index is 2.72. The van der Waals surface area contributed by atoms with Crippen LogP contribution < -0.4 is 4.74 Å². The van der Waals surface area contributed by atoms with E-state index in [0.717, 1.165) is 11.5 Å². The van der Waals surface area contributed by atoms with Crippen LogP contribution in [0.15, 0.2) is 18.2 Å². The van der Waals surface area contributed by atoms with Gasteiger partial charge in [0.05, 0.1) is 6.61 Å². The Morgan fingerprint density at radius 1 is 1.33 bits per heavy atom. The average molecular weight is 182 g/mol. The molecule has 0 amide bonds. The van der Waals surface area contributed by atoms with Crippen LogP contribution in [0.2, 0.25) is 0 Å². The van der Waals surface area contributed by atoms with Crippen LogP contribution in [-0.2, 0) is 0 Å². The third-order valence-electron chi connectivity index (χ3n) is 1.68. The highest BCUT2D eigenvalue weighted by atomic mass is 32.1. The molecule has 0 aromatic heterocycles. The van der Waals surface area contributed by atoms with Gasteiger partial charge in [0.1, 0.15) is 5.75 Å². The van der Waals surface area contributed by atoms with Gasteiger partial charge in [-0.05, 0) is 25.5 Å². The van der Waals surface area contributed by atoms with Gasteiger partial charge in [-0.1, -0.05) is 17.7 Å². The molecule has 0 aliphatic heterocycles. The summed E-state index contributed by atoms with van der Waals surface area (Å²) in [6.45, 7) is 4.81. The lowest BCUT2D eigenvalue weighted by Crippen LogP contribution is -1.99. The summed E-state index contributed by atoms with van der Waals surface area (Å²) in [4.78, 5) is 0. The quantitative estimate of drug-likeness (QED) is 0.707. The van der Waals surface area contributed by atoms with Crippen molar-refractivity contribution in [3.05, 3.63) is 29.3 Å². The third-order valence-corrected chi connectivity index (χ3v) is 1.86. The zero-order chi connectivity index (χ0) is 8.97. The molecule has 0 atom stereocenters. The summed E-state index contributed by atoms with van der Waals surface area (Å²) in [5, 5.41) is 0. The topological polar surface area (TPSA) is 9.23 Å². The molecule has 1 aromatic rings. The van der Waals surface area contributed by atoms with Crippen LogP contribution in [0.4, 0.5) is 0 Å². The maximum atomic E-state index is 5.46. The van der Waals surface area contributed by atoms with E-state index in [0.29, 0.717) is 6.61 Å². The van der Waals surface area contributed by atoms with Crippen molar-refractivity contribution in [3.63, 3.8) is 0 Å². The van der Waals surface area contributed by atoms with E-state index in [1.807, 2.05) is 6.07 Å². The average Bonchev–Trinajstić information content (AvgIpc) is 2.03. The lowest BCUT2D eigenvalue weighted by atomic mass is 10.1. The molecule has 1 nitrogen and oxygen atoms in total. The van der Waals surface area contributed by atoms with Crippen molar-refractivity contribution in [2.45, 2.75) is 13.8 Å². The first-order valence-electron chi connectivity index (χ1n) is 4.05. The number of thiol groups is 1. The summed E-state index contributed by atoms with van der Waals surface area (Å²) < 4.78 is 5.46. The molecule has 2 heteroatoms. The molecule has 0 saturated heterocycles. The van der Waals surface area contributed by atoms with E-state index in [1.54, 1.807) is 0 Å². The molecule has 12 heavy (non-hydrogen) atoms. The molecular formula is C10H14OS. The van der Waals surface area contributed by atoms with Gasteiger partial charge in [0.25, 0.3) is 0 Å². The van der Waals surface area contributed by atoms with E-state index in [-0.39, 0.29) is 0 Å². The lowest BCUT2D eigenvalue weighted by molar-refractivity contribution is 0.342. The molecule has 0 spiro atoms. The zero-order valence-corrected chi connectivity index (χ0v) is 8.40. The van der Waals surface area contributed by atoms with Gasteiger partial charge >= 0.3 is 0 Å². The van der Waals surface area contributed by atoms with Crippen LogP contribution in [-0.4, -0.2) is 12.4 Å². The van der Waals surface area contributed by atoms with Crippen molar-refractivity contribution >= 4 is 12.6 Å². The Bertz CT molecular complexity index is 258. The SMILES string of the molecule is Cc1ccc(OCCS)c(C)c1. The van der Waals surface area contributed by atoms with Crippen LogP contribution in [0.5, 0.6) is 5.75 Å². The standard InChI is InChI=1S/C10H14OS/c1-8-3-4-10(9(2)7-8)11-5-6-12/h3-4,7,12H,5-6H2,1-2H3. The highest BCUT2D eigenvalue weighted by molar-refractivity contribution is 7.80. The Labute approximate surface area is 79.2 Å². The summed E-state index contributed by atoms with van der Waals surface area (Å²) in [5.74, 6) is 1.72. The molecule has 66 valence electrons. The molecular weight excluding hydrogens is 168 g/mol. The van der Waals surface area contributed by atoms with Gasteiger partial charge in [-0.3, -0.25) is 0 Å². The molecule has 0 fully saturated rings. The second-order valence-corrected chi connectivity index (χ2v) is 3.29. The van der Waals surface area contributed by atoms with Crippen molar-refractivity contribution in [1.29, 1.82) is 0 Å². The number of aryl methyl sites for hydroxylation is 2. The molecule has 0 N–H and O–H groups in total. The minimum Gasteiger partial charge on any atom is -0.492 e. The number of ether oxygens (including phenoxy) is 1. The fourth-order valence-electron chi connectivity index (χ4n) is 1.12. The summed E-state index contributed by atoms with van der Waals surface area (Å²) in [6, 6.07) is 6.18. The maximum absolute atomic E-state index is 5.46. The van der Waals surface area contributed by atoms with E-state index in [1.165, 1.54) is 11.1 Å². The van der Waals surface area contributed by atoms with E-state index in [4.69, 9.17) is 4.74 Å². The smallest absolute Gasteiger partial charge is 0.122 e. The van der Waals surface area contributed by atoms with E-state index in [9.17, 15) is 0 Å². The van der Waals surface area contributed by atoms with Crippen molar-refractivity contribution in [2.75, 3.05) is 12.4 Å². The van der Waals surface area contributed by atoms with Gasteiger partial charge in [-0.15, -0.1) is 0 Å². The minimum absolute atomic E-state index is 0.674. The fraction of sp³-hybridized carbons (Fsp3) is 0.400. The predicted octanol–water partition coefficient (Wildman–Crippen LogP) is 2.61. The molecule has 0 aliphatic rings. The van der Waals surface area contributed by atoms with Crippen molar-refractivity contribution in [2.24, 2.45) is 0 Å². The largest absolute Gasteiger partial charge is 0.492 e. The molecule has 0 heterocycles. The van der Waals surface area contributed by atoms with E-state index >= 15 is 0 Å². The van der Waals surface area contributed by atoms with Crippen LogP contribution in [0.1, 0.15) is 11.1 Å².